The standard InChI is InChI=1S/C20H21ClFNO3/c1-25-15-7-5-14(6-8-15)20(9-11-26-12-10-20)13-23-19(24)18-16(21)3-2-4-17(18)22/h2-8H,9-13H2,1H3,(H,23,24). The van der Waals surface area contributed by atoms with E-state index in [4.69, 9.17) is 21.1 Å². The molecule has 1 N–H and O–H groups in total. The summed E-state index contributed by atoms with van der Waals surface area (Å²) in [6, 6.07) is 12.0. The van der Waals surface area contributed by atoms with Crippen molar-refractivity contribution in [3.05, 3.63) is 64.4 Å². The highest BCUT2D eigenvalue weighted by Crippen LogP contribution is 2.35. The van der Waals surface area contributed by atoms with Crippen molar-refractivity contribution in [1.29, 1.82) is 0 Å². The zero-order chi connectivity index (χ0) is 18.6. The largest absolute Gasteiger partial charge is 0.497 e. The van der Waals surface area contributed by atoms with E-state index in [1.165, 1.54) is 18.2 Å². The number of hydrogen-bond donors (Lipinski definition) is 1. The van der Waals surface area contributed by atoms with Crippen molar-refractivity contribution in [1.82, 2.24) is 5.32 Å². The van der Waals surface area contributed by atoms with Gasteiger partial charge in [0.2, 0.25) is 0 Å². The third kappa shape index (κ3) is 3.84. The summed E-state index contributed by atoms with van der Waals surface area (Å²) >= 11 is 6.00. The summed E-state index contributed by atoms with van der Waals surface area (Å²) in [4.78, 5) is 12.5. The van der Waals surface area contributed by atoms with E-state index in [0.717, 1.165) is 24.2 Å². The van der Waals surface area contributed by atoms with Crippen LogP contribution < -0.4 is 10.1 Å². The topological polar surface area (TPSA) is 47.6 Å². The molecule has 0 atom stereocenters. The van der Waals surface area contributed by atoms with Crippen LogP contribution in [0.3, 0.4) is 0 Å². The molecule has 1 amide bonds. The fourth-order valence-electron chi connectivity index (χ4n) is 3.33. The fourth-order valence-corrected chi connectivity index (χ4v) is 3.58. The number of carbonyl (C=O) groups is 1. The van der Waals surface area contributed by atoms with E-state index in [0.29, 0.717) is 19.8 Å². The summed E-state index contributed by atoms with van der Waals surface area (Å²) in [5, 5.41) is 2.97. The molecule has 1 heterocycles. The Kier molecular flexibility index (Phi) is 5.79. The summed E-state index contributed by atoms with van der Waals surface area (Å²) in [6.45, 7) is 1.61. The maximum Gasteiger partial charge on any atom is 0.255 e. The molecular weight excluding hydrogens is 357 g/mol. The van der Waals surface area contributed by atoms with Crippen molar-refractivity contribution in [3.63, 3.8) is 0 Å². The van der Waals surface area contributed by atoms with E-state index >= 15 is 0 Å². The second-order valence-corrected chi connectivity index (χ2v) is 6.81. The number of methoxy groups -OCH3 is 1. The first-order valence-corrected chi connectivity index (χ1v) is 8.88. The third-order valence-corrected chi connectivity index (χ3v) is 5.24. The minimum Gasteiger partial charge on any atom is -0.497 e. The molecule has 138 valence electrons. The van der Waals surface area contributed by atoms with E-state index in [1.807, 2.05) is 24.3 Å². The molecule has 1 fully saturated rings. The van der Waals surface area contributed by atoms with Crippen LogP contribution >= 0.6 is 11.6 Å². The number of ether oxygens (including phenoxy) is 2. The fraction of sp³-hybridized carbons (Fsp3) is 0.350. The number of halogens is 2. The van der Waals surface area contributed by atoms with Crippen LogP contribution in [0.5, 0.6) is 5.75 Å². The van der Waals surface area contributed by atoms with Crippen LogP contribution in [-0.2, 0) is 10.2 Å². The highest BCUT2D eigenvalue weighted by atomic mass is 35.5. The summed E-state index contributed by atoms with van der Waals surface area (Å²) < 4.78 is 24.7. The Labute approximate surface area is 157 Å². The van der Waals surface area contributed by atoms with Gasteiger partial charge < -0.3 is 14.8 Å². The maximum absolute atomic E-state index is 14.0. The first kappa shape index (κ1) is 18.7. The molecule has 0 saturated carbocycles. The van der Waals surface area contributed by atoms with Gasteiger partial charge in [0.1, 0.15) is 11.6 Å². The Morgan fingerprint density at radius 3 is 2.54 bits per heavy atom. The Morgan fingerprint density at radius 2 is 1.92 bits per heavy atom. The van der Waals surface area contributed by atoms with Gasteiger partial charge in [-0.15, -0.1) is 0 Å². The van der Waals surface area contributed by atoms with Crippen molar-refractivity contribution in [3.8, 4) is 5.75 Å². The molecule has 2 aromatic rings. The van der Waals surface area contributed by atoms with Crippen molar-refractivity contribution in [2.24, 2.45) is 0 Å². The van der Waals surface area contributed by atoms with E-state index < -0.39 is 11.7 Å². The minimum absolute atomic E-state index is 0.105. The number of carbonyl (C=O) groups excluding carboxylic acids is 1. The van der Waals surface area contributed by atoms with Crippen molar-refractivity contribution in [2.75, 3.05) is 26.9 Å². The van der Waals surface area contributed by atoms with Gasteiger partial charge in [0.15, 0.2) is 0 Å². The van der Waals surface area contributed by atoms with Crippen LogP contribution in [0.15, 0.2) is 42.5 Å². The average molecular weight is 378 g/mol. The maximum atomic E-state index is 14.0. The van der Waals surface area contributed by atoms with Crippen molar-refractivity contribution < 1.29 is 18.7 Å². The van der Waals surface area contributed by atoms with Crippen LogP contribution in [0.4, 0.5) is 4.39 Å². The van der Waals surface area contributed by atoms with Gasteiger partial charge in [-0.3, -0.25) is 4.79 Å². The van der Waals surface area contributed by atoms with Gasteiger partial charge in [0.25, 0.3) is 5.91 Å². The Bertz CT molecular complexity index is 753. The molecule has 0 spiro atoms. The van der Waals surface area contributed by atoms with Gasteiger partial charge in [-0.2, -0.15) is 0 Å². The summed E-state index contributed by atoms with van der Waals surface area (Å²) in [5.41, 5.74) is 0.713. The third-order valence-electron chi connectivity index (χ3n) is 4.93. The average Bonchev–Trinajstić information content (AvgIpc) is 2.67. The quantitative estimate of drug-likeness (QED) is 0.857. The lowest BCUT2D eigenvalue weighted by Crippen LogP contribution is -2.44. The molecule has 6 heteroatoms. The highest BCUT2D eigenvalue weighted by Gasteiger charge is 2.35. The van der Waals surface area contributed by atoms with Gasteiger partial charge in [-0.25, -0.2) is 4.39 Å². The second-order valence-electron chi connectivity index (χ2n) is 6.40. The molecule has 0 aliphatic carbocycles. The number of rotatable bonds is 5. The van der Waals surface area contributed by atoms with Crippen molar-refractivity contribution in [2.45, 2.75) is 18.3 Å². The molecule has 0 aromatic heterocycles. The van der Waals surface area contributed by atoms with E-state index in [2.05, 4.69) is 5.32 Å². The zero-order valence-electron chi connectivity index (χ0n) is 14.6. The predicted octanol–water partition coefficient (Wildman–Crippen LogP) is 3.97. The minimum atomic E-state index is -0.625. The van der Waals surface area contributed by atoms with Crippen molar-refractivity contribution >= 4 is 17.5 Å². The van der Waals surface area contributed by atoms with E-state index in [9.17, 15) is 9.18 Å². The first-order valence-electron chi connectivity index (χ1n) is 8.50. The lowest BCUT2D eigenvalue weighted by atomic mass is 9.74. The Morgan fingerprint density at radius 1 is 1.23 bits per heavy atom. The molecule has 0 bridgehead atoms. The zero-order valence-corrected chi connectivity index (χ0v) is 15.3. The van der Waals surface area contributed by atoms with Gasteiger partial charge >= 0.3 is 0 Å². The lowest BCUT2D eigenvalue weighted by molar-refractivity contribution is 0.0486. The molecule has 1 aliphatic rings. The van der Waals surface area contributed by atoms with Crippen LogP contribution in [0, 0.1) is 5.82 Å². The van der Waals surface area contributed by atoms with Crippen LogP contribution in [-0.4, -0.2) is 32.8 Å². The first-order chi connectivity index (χ1) is 12.6. The molecule has 3 rings (SSSR count). The second kappa shape index (κ2) is 8.06. The monoisotopic (exact) mass is 377 g/mol. The molecular formula is C20H21ClFNO3. The molecule has 0 unspecified atom stereocenters. The predicted molar refractivity (Wildman–Crippen MR) is 98.5 cm³/mol. The number of benzene rings is 2. The normalized spacial score (nSPS) is 16.1. The van der Waals surface area contributed by atoms with Crippen LogP contribution in [0.25, 0.3) is 0 Å². The summed E-state index contributed by atoms with van der Waals surface area (Å²) in [7, 11) is 1.62. The van der Waals surface area contributed by atoms with E-state index in [1.54, 1.807) is 7.11 Å². The lowest BCUT2D eigenvalue weighted by Gasteiger charge is -2.38. The Hall–Kier alpha value is -2.11. The number of hydrogen-bond acceptors (Lipinski definition) is 3. The van der Waals surface area contributed by atoms with Gasteiger partial charge in [-0.05, 0) is 42.7 Å². The number of nitrogens with one attached hydrogen (secondary N) is 1. The smallest absolute Gasteiger partial charge is 0.255 e. The summed E-state index contributed by atoms with van der Waals surface area (Å²) in [6.07, 6.45) is 1.54. The van der Waals surface area contributed by atoms with E-state index in [-0.39, 0.29) is 16.0 Å². The summed E-state index contributed by atoms with van der Waals surface area (Å²) in [5.74, 6) is -0.355. The molecule has 1 saturated heterocycles. The van der Waals surface area contributed by atoms with Gasteiger partial charge in [0, 0.05) is 25.2 Å². The molecule has 4 nitrogen and oxygen atoms in total. The van der Waals surface area contributed by atoms with Crippen LogP contribution in [0.1, 0.15) is 28.8 Å². The molecule has 0 radical (unpaired) electrons. The van der Waals surface area contributed by atoms with Gasteiger partial charge in [-0.1, -0.05) is 29.8 Å². The SMILES string of the molecule is COc1ccc(C2(CNC(=O)c3c(F)cccc3Cl)CCOCC2)cc1. The molecule has 26 heavy (non-hydrogen) atoms. The molecule has 1 aliphatic heterocycles. The van der Waals surface area contributed by atoms with Gasteiger partial charge in [0.05, 0.1) is 17.7 Å². The Balaban J connectivity index is 1.81. The van der Waals surface area contributed by atoms with Crippen LogP contribution in [0.2, 0.25) is 5.02 Å². The highest BCUT2D eigenvalue weighted by molar-refractivity contribution is 6.33. The number of amides is 1. The molecule has 2 aromatic carbocycles.